The number of benzene rings is 2. The van der Waals surface area contributed by atoms with Gasteiger partial charge in [-0.05, 0) is 42.0 Å². The number of H-pyrrole nitrogens is 1. The Morgan fingerprint density at radius 2 is 1.91 bits per heavy atom. The van der Waals surface area contributed by atoms with Gasteiger partial charge in [0.25, 0.3) is 5.56 Å². The first-order chi connectivity index (χ1) is 10.5. The molecule has 0 amide bonds. The van der Waals surface area contributed by atoms with Crippen molar-refractivity contribution in [1.29, 1.82) is 0 Å². The molecule has 0 radical (unpaired) electrons. The van der Waals surface area contributed by atoms with Gasteiger partial charge in [-0.2, -0.15) is 0 Å². The number of nitrogens with zero attached hydrogens (tertiary/aromatic N) is 1. The van der Waals surface area contributed by atoms with Crippen molar-refractivity contribution in [2.45, 2.75) is 0 Å². The first kappa shape index (κ1) is 14.2. The molecule has 0 unspecified atom stereocenters. The fourth-order valence-corrected chi connectivity index (χ4v) is 2.36. The number of phenols is 1. The minimum atomic E-state index is -0.208. The Kier molecular flexibility index (Phi) is 3.61. The molecule has 0 aliphatic heterocycles. The SMILES string of the molecule is C=c1[nH]n(-c2cccc(Cl)c2)c(=O)/c1=C\c1ccc(O)cc1. The highest BCUT2D eigenvalue weighted by molar-refractivity contribution is 6.30. The summed E-state index contributed by atoms with van der Waals surface area (Å²) < 4.78 is 1.40. The van der Waals surface area contributed by atoms with Gasteiger partial charge in [0.1, 0.15) is 5.75 Å². The van der Waals surface area contributed by atoms with Gasteiger partial charge in [-0.3, -0.25) is 9.89 Å². The van der Waals surface area contributed by atoms with Gasteiger partial charge >= 0.3 is 0 Å². The van der Waals surface area contributed by atoms with Crippen molar-refractivity contribution < 1.29 is 5.11 Å². The molecule has 0 aliphatic rings. The standard InChI is InChI=1S/C17H13ClN2O2/c1-11-16(9-12-5-7-15(21)8-6-12)17(22)20(19-11)14-4-2-3-13(18)10-14/h2-10,19,21H,1H2/b16-9-. The van der Waals surface area contributed by atoms with E-state index in [1.807, 2.05) is 0 Å². The lowest BCUT2D eigenvalue weighted by atomic mass is 10.2. The van der Waals surface area contributed by atoms with Crippen molar-refractivity contribution in [2.24, 2.45) is 0 Å². The Bertz CT molecular complexity index is 985. The molecule has 0 fully saturated rings. The zero-order valence-electron chi connectivity index (χ0n) is 11.6. The lowest BCUT2D eigenvalue weighted by molar-refractivity contribution is 0.475. The molecule has 0 aliphatic carbocycles. The number of aromatic nitrogens is 2. The number of phenolic OH excluding ortho intramolecular Hbond substituents is 1. The maximum atomic E-state index is 12.5. The summed E-state index contributed by atoms with van der Waals surface area (Å²) in [4.78, 5) is 12.5. The fraction of sp³-hybridized carbons (Fsp3) is 0. The van der Waals surface area contributed by atoms with Crippen molar-refractivity contribution in [2.75, 3.05) is 0 Å². The molecule has 0 saturated carbocycles. The second-order valence-electron chi connectivity index (χ2n) is 4.86. The number of aromatic hydroxyl groups is 1. The van der Waals surface area contributed by atoms with Crippen LogP contribution in [0.4, 0.5) is 0 Å². The van der Waals surface area contributed by atoms with E-state index in [2.05, 4.69) is 11.7 Å². The average Bonchev–Trinajstić information content (AvgIpc) is 2.77. The Morgan fingerprint density at radius 1 is 1.18 bits per heavy atom. The quantitative estimate of drug-likeness (QED) is 0.757. The van der Waals surface area contributed by atoms with Gasteiger partial charge in [-0.1, -0.05) is 36.4 Å². The zero-order chi connectivity index (χ0) is 15.7. The van der Waals surface area contributed by atoms with Crippen LogP contribution in [0.25, 0.3) is 18.3 Å². The number of halogens is 1. The van der Waals surface area contributed by atoms with Crippen LogP contribution < -0.4 is 16.1 Å². The first-order valence-electron chi connectivity index (χ1n) is 6.61. The predicted octanol–water partition coefficient (Wildman–Crippen LogP) is 1.76. The van der Waals surface area contributed by atoms with Gasteiger partial charge in [-0.25, -0.2) is 4.68 Å². The molecule has 0 atom stereocenters. The summed E-state index contributed by atoms with van der Waals surface area (Å²) in [6, 6.07) is 13.6. The second kappa shape index (κ2) is 5.58. The molecular formula is C17H13ClN2O2. The number of aromatic amines is 1. The lowest BCUT2D eigenvalue weighted by Crippen LogP contribution is -2.33. The third-order valence-corrected chi connectivity index (χ3v) is 3.51. The molecule has 0 saturated heterocycles. The van der Waals surface area contributed by atoms with Crippen LogP contribution in [0.3, 0.4) is 0 Å². The Labute approximate surface area is 131 Å². The zero-order valence-corrected chi connectivity index (χ0v) is 12.3. The van der Waals surface area contributed by atoms with Crippen LogP contribution in [-0.4, -0.2) is 14.9 Å². The summed E-state index contributed by atoms with van der Waals surface area (Å²) in [5.41, 5.74) is 1.24. The Hall–Kier alpha value is -2.72. The summed E-state index contributed by atoms with van der Waals surface area (Å²) in [5, 5.41) is 13.8. The van der Waals surface area contributed by atoms with Crippen LogP contribution >= 0.6 is 11.6 Å². The van der Waals surface area contributed by atoms with E-state index in [4.69, 9.17) is 11.6 Å². The molecule has 0 bridgehead atoms. The normalized spacial score (nSPS) is 11.8. The Morgan fingerprint density at radius 3 is 2.59 bits per heavy atom. The van der Waals surface area contributed by atoms with Crippen LogP contribution in [0.1, 0.15) is 5.56 Å². The highest BCUT2D eigenvalue weighted by Crippen LogP contribution is 2.12. The van der Waals surface area contributed by atoms with Gasteiger partial charge in [-0.15, -0.1) is 0 Å². The molecule has 4 nitrogen and oxygen atoms in total. The molecule has 3 rings (SSSR count). The highest BCUT2D eigenvalue weighted by atomic mass is 35.5. The minimum Gasteiger partial charge on any atom is -0.508 e. The van der Waals surface area contributed by atoms with E-state index in [0.29, 0.717) is 21.3 Å². The van der Waals surface area contributed by atoms with Crippen LogP contribution in [0.15, 0.2) is 53.3 Å². The van der Waals surface area contributed by atoms with Gasteiger partial charge in [0.05, 0.1) is 16.3 Å². The first-order valence-corrected chi connectivity index (χ1v) is 6.99. The maximum Gasteiger partial charge on any atom is 0.279 e. The monoisotopic (exact) mass is 312 g/mol. The maximum absolute atomic E-state index is 12.5. The van der Waals surface area contributed by atoms with Crippen molar-refractivity contribution >= 4 is 24.3 Å². The predicted molar refractivity (Wildman–Crippen MR) is 87.8 cm³/mol. The molecule has 0 spiro atoms. The van der Waals surface area contributed by atoms with E-state index in [0.717, 1.165) is 5.56 Å². The number of nitrogens with one attached hydrogen (secondary N) is 1. The molecule has 3 aromatic rings. The van der Waals surface area contributed by atoms with E-state index < -0.39 is 0 Å². The molecule has 2 aromatic carbocycles. The van der Waals surface area contributed by atoms with Crippen LogP contribution in [0.5, 0.6) is 5.75 Å². The summed E-state index contributed by atoms with van der Waals surface area (Å²) >= 11 is 5.96. The van der Waals surface area contributed by atoms with Crippen molar-refractivity contribution in [3.05, 3.63) is 80.0 Å². The molecule has 22 heavy (non-hydrogen) atoms. The summed E-state index contributed by atoms with van der Waals surface area (Å²) in [6.07, 6.45) is 1.72. The smallest absolute Gasteiger partial charge is 0.279 e. The van der Waals surface area contributed by atoms with E-state index >= 15 is 0 Å². The average molecular weight is 313 g/mol. The molecule has 2 N–H and O–H groups in total. The molecular weight excluding hydrogens is 300 g/mol. The number of rotatable bonds is 2. The van der Waals surface area contributed by atoms with Gasteiger partial charge < -0.3 is 5.11 Å². The molecule has 110 valence electrons. The highest BCUT2D eigenvalue weighted by Gasteiger charge is 2.05. The summed E-state index contributed by atoms with van der Waals surface area (Å²) in [7, 11) is 0. The topological polar surface area (TPSA) is 58.0 Å². The van der Waals surface area contributed by atoms with E-state index in [1.165, 1.54) is 4.68 Å². The van der Waals surface area contributed by atoms with Crippen LogP contribution in [0, 0.1) is 0 Å². The van der Waals surface area contributed by atoms with E-state index in [1.54, 1.807) is 54.6 Å². The third kappa shape index (κ3) is 2.69. The van der Waals surface area contributed by atoms with Crippen molar-refractivity contribution in [1.82, 2.24) is 9.78 Å². The molecule has 1 heterocycles. The van der Waals surface area contributed by atoms with Gasteiger partial charge in [0.15, 0.2) is 0 Å². The van der Waals surface area contributed by atoms with Gasteiger partial charge in [0.2, 0.25) is 0 Å². The van der Waals surface area contributed by atoms with E-state index in [-0.39, 0.29) is 11.3 Å². The van der Waals surface area contributed by atoms with Crippen molar-refractivity contribution in [3.63, 3.8) is 0 Å². The minimum absolute atomic E-state index is 0.178. The number of hydrogen-bond donors (Lipinski definition) is 2. The van der Waals surface area contributed by atoms with Crippen LogP contribution in [0.2, 0.25) is 5.02 Å². The fourth-order valence-electron chi connectivity index (χ4n) is 2.18. The van der Waals surface area contributed by atoms with Gasteiger partial charge in [0, 0.05) is 5.02 Å². The van der Waals surface area contributed by atoms with E-state index in [9.17, 15) is 9.90 Å². The molecule has 1 aromatic heterocycles. The van der Waals surface area contributed by atoms with Crippen LogP contribution in [-0.2, 0) is 0 Å². The summed E-state index contributed by atoms with van der Waals surface area (Å²) in [5.74, 6) is 0.178. The second-order valence-corrected chi connectivity index (χ2v) is 5.30. The third-order valence-electron chi connectivity index (χ3n) is 3.28. The van der Waals surface area contributed by atoms with Crippen molar-refractivity contribution in [3.8, 4) is 11.4 Å². The molecule has 5 heteroatoms. The number of hydrogen-bond acceptors (Lipinski definition) is 2. The largest absolute Gasteiger partial charge is 0.508 e. The Balaban J connectivity index is 2.17. The lowest BCUT2D eigenvalue weighted by Gasteiger charge is -2.00. The summed E-state index contributed by atoms with van der Waals surface area (Å²) in [6.45, 7) is 3.87.